The summed E-state index contributed by atoms with van der Waals surface area (Å²) in [5.74, 6) is -0.511. The lowest BCUT2D eigenvalue weighted by Gasteiger charge is -2.06. The molecule has 4 heteroatoms. The summed E-state index contributed by atoms with van der Waals surface area (Å²) in [6, 6.07) is 3.19. The molecule has 1 aromatic carbocycles. The first-order valence-electron chi connectivity index (χ1n) is 4.22. The normalized spacial score (nSPS) is 9.93. The van der Waals surface area contributed by atoms with Crippen LogP contribution in [0.25, 0.3) is 0 Å². The van der Waals surface area contributed by atoms with Crippen molar-refractivity contribution in [3.8, 4) is 5.75 Å². The van der Waals surface area contributed by atoms with E-state index in [2.05, 4.69) is 22.6 Å². The molecule has 1 N–H and O–H groups in total. The Kier molecular flexibility index (Phi) is 3.74. The molecular weight excluding hydrogens is 295 g/mol. The maximum atomic E-state index is 11.3. The molecule has 0 spiro atoms. The molecule has 3 nitrogen and oxygen atoms in total. The highest BCUT2D eigenvalue weighted by atomic mass is 127. The minimum Gasteiger partial charge on any atom is -0.507 e. The van der Waals surface area contributed by atoms with Gasteiger partial charge in [-0.25, -0.2) is 4.79 Å². The molecule has 0 bridgehead atoms. The van der Waals surface area contributed by atoms with Crippen LogP contribution >= 0.6 is 22.6 Å². The monoisotopic (exact) mass is 306 g/mol. The van der Waals surface area contributed by atoms with Gasteiger partial charge < -0.3 is 9.84 Å². The van der Waals surface area contributed by atoms with Gasteiger partial charge >= 0.3 is 5.97 Å². The Labute approximate surface area is 96.2 Å². The van der Waals surface area contributed by atoms with Crippen molar-refractivity contribution in [2.45, 2.75) is 13.8 Å². The summed E-state index contributed by atoms with van der Waals surface area (Å²) in [6.07, 6.45) is 0. The van der Waals surface area contributed by atoms with Gasteiger partial charge in [-0.15, -0.1) is 0 Å². The Morgan fingerprint density at radius 3 is 2.79 bits per heavy atom. The summed E-state index contributed by atoms with van der Waals surface area (Å²) in [7, 11) is 0. The average molecular weight is 306 g/mol. The Hall–Kier alpha value is -0.780. The molecule has 0 fully saturated rings. The molecule has 0 saturated heterocycles. The second kappa shape index (κ2) is 4.63. The summed E-state index contributed by atoms with van der Waals surface area (Å²) < 4.78 is 5.73. The Morgan fingerprint density at radius 2 is 2.21 bits per heavy atom. The van der Waals surface area contributed by atoms with Gasteiger partial charge in [0.1, 0.15) is 11.3 Å². The van der Waals surface area contributed by atoms with E-state index in [-0.39, 0.29) is 11.3 Å². The zero-order chi connectivity index (χ0) is 10.7. The molecule has 0 amide bonds. The molecule has 0 saturated carbocycles. The number of benzene rings is 1. The van der Waals surface area contributed by atoms with Crippen LogP contribution in [0.2, 0.25) is 0 Å². The molecule has 76 valence electrons. The molecule has 0 aliphatic rings. The molecule has 0 unspecified atom stereocenters. The lowest BCUT2D eigenvalue weighted by atomic mass is 10.1. The zero-order valence-corrected chi connectivity index (χ0v) is 10.2. The minimum atomic E-state index is -0.482. The van der Waals surface area contributed by atoms with Crippen molar-refractivity contribution < 1.29 is 14.6 Å². The number of phenolic OH excluding ortho intramolecular Hbond substituents is 1. The lowest BCUT2D eigenvalue weighted by Crippen LogP contribution is -2.05. The van der Waals surface area contributed by atoms with Gasteiger partial charge in [0, 0.05) is 3.57 Å². The van der Waals surface area contributed by atoms with Gasteiger partial charge in [-0.2, -0.15) is 0 Å². The number of aromatic hydroxyl groups is 1. The van der Waals surface area contributed by atoms with Crippen LogP contribution in [0.1, 0.15) is 22.8 Å². The fourth-order valence-corrected chi connectivity index (χ4v) is 1.49. The smallest absolute Gasteiger partial charge is 0.341 e. The first kappa shape index (κ1) is 11.3. The standard InChI is InChI=1S/C10H11IO3/c1-3-14-10(13)7-4-6(2)8(11)5-9(7)12/h4-5,12H,3H2,1-2H3. The average Bonchev–Trinajstić information content (AvgIpc) is 2.11. The second-order valence-corrected chi connectivity index (χ2v) is 4.00. The largest absolute Gasteiger partial charge is 0.507 e. The SMILES string of the molecule is CCOC(=O)c1cc(C)c(I)cc1O. The summed E-state index contributed by atoms with van der Waals surface area (Å²) in [5.41, 5.74) is 1.18. The van der Waals surface area contributed by atoms with Crippen molar-refractivity contribution in [3.63, 3.8) is 0 Å². The van der Waals surface area contributed by atoms with E-state index in [0.29, 0.717) is 6.61 Å². The van der Waals surface area contributed by atoms with E-state index >= 15 is 0 Å². The first-order valence-corrected chi connectivity index (χ1v) is 5.30. The predicted molar refractivity (Wildman–Crippen MR) is 61.5 cm³/mol. The summed E-state index contributed by atoms with van der Waals surface area (Å²) in [4.78, 5) is 11.3. The molecule has 0 aliphatic heterocycles. The molecule has 1 aromatic rings. The molecule has 14 heavy (non-hydrogen) atoms. The molecule has 0 heterocycles. The van der Waals surface area contributed by atoms with E-state index in [4.69, 9.17) is 4.74 Å². The van der Waals surface area contributed by atoms with E-state index < -0.39 is 5.97 Å². The molecule has 1 rings (SSSR count). The van der Waals surface area contributed by atoms with Gasteiger partial charge in [0.15, 0.2) is 0 Å². The van der Waals surface area contributed by atoms with Crippen LogP contribution in [-0.2, 0) is 4.74 Å². The molecular formula is C10H11IO3. The van der Waals surface area contributed by atoms with Crippen molar-refractivity contribution in [1.82, 2.24) is 0 Å². The molecule has 0 atom stereocenters. The Bertz CT molecular complexity index is 361. The van der Waals surface area contributed by atoms with Crippen LogP contribution in [-0.4, -0.2) is 17.7 Å². The van der Waals surface area contributed by atoms with Gasteiger partial charge in [-0.05, 0) is 54.1 Å². The van der Waals surface area contributed by atoms with Crippen LogP contribution in [0.15, 0.2) is 12.1 Å². The highest BCUT2D eigenvalue weighted by Gasteiger charge is 2.13. The summed E-state index contributed by atoms with van der Waals surface area (Å²) in [6.45, 7) is 3.92. The van der Waals surface area contributed by atoms with Crippen LogP contribution in [0, 0.1) is 10.5 Å². The van der Waals surface area contributed by atoms with E-state index in [9.17, 15) is 9.90 Å². The number of carbonyl (C=O) groups is 1. The van der Waals surface area contributed by atoms with E-state index in [0.717, 1.165) is 9.13 Å². The Balaban J connectivity index is 3.09. The van der Waals surface area contributed by atoms with E-state index in [1.807, 2.05) is 6.92 Å². The first-order chi connectivity index (χ1) is 6.56. The third kappa shape index (κ3) is 2.37. The van der Waals surface area contributed by atoms with Crippen molar-refractivity contribution in [2.24, 2.45) is 0 Å². The number of hydrogen-bond acceptors (Lipinski definition) is 3. The van der Waals surface area contributed by atoms with Gasteiger partial charge in [-0.3, -0.25) is 0 Å². The number of aryl methyl sites for hydroxylation is 1. The van der Waals surface area contributed by atoms with Gasteiger partial charge in [0.2, 0.25) is 0 Å². The number of carbonyl (C=O) groups excluding carboxylic acids is 1. The summed E-state index contributed by atoms with van der Waals surface area (Å²) >= 11 is 2.10. The number of halogens is 1. The maximum Gasteiger partial charge on any atom is 0.341 e. The van der Waals surface area contributed by atoms with Crippen LogP contribution in [0.4, 0.5) is 0 Å². The molecule has 0 aromatic heterocycles. The number of rotatable bonds is 2. The predicted octanol–water partition coefficient (Wildman–Crippen LogP) is 2.48. The van der Waals surface area contributed by atoms with Crippen molar-refractivity contribution in [1.29, 1.82) is 0 Å². The quantitative estimate of drug-likeness (QED) is 0.674. The van der Waals surface area contributed by atoms with Crippen molar-refractivity contribution >= 4 is 28.6 Å². The third-order valence-corrected chi connectivity index (χ3v) is 2.93. The summed E-state index contributed by atoms with van der Waals surface area (Å²) in [5, 5.41) is 9.51. The van der Waals surface area contributed by atoms with E-state index in [1.54, 1.807) is 19.1 Å². The van der Waals surface area contributed by atoms with Crippen LogP contribution < -0.4 is 0 Å². The molecule has 0 radical (unpaired) electrons. The highest BCUT2D eigenvalue weighted by Crippen LogP contribution is 2.24. The lowest BCUT2D eigenvalue weighted by molar-refractivity contribution is 0.0523. The van der Waals surface area contributed by atoms with Crippen LogP contribution in [0.3, 0.4) is 0 Å². The van der Waals surface area contributed by atoms with Crippen LogP contribution in [0.5, 0.6) is 5.75 Å². The number of ether oxygens (including phenoxy) is 1. The van der Waals surface area contributed by atoms with Gasteiger partial charge in [-0.1, -0.05) is 0 Å². The minimum absolute atomic E-state index is 0.0292. The molecule has 0 aliphatic carbocycles. The fourth-order valence-electron chi connectivity index (χ4n) is 1.04. The maximum absolute atomic E-state index is 11.3. The second-order valence-electron chi connectivity index (χ2n) is 2.84. The topological polar surface area (TPSA) is 46.5 Å². The number of esters is 1. The van der Waals surface area contributed by atoms with E-state index in [1.165, 1.54) is 0 Å². The fraction of sp³-hybridized carbons (Fsp3) is 0.300. The van der Waals surface area contributed by atoms with Gasteiger partial charge in [0.05, 0.1) is 6.61 Å². The third-order valence-electron chi connectivity index (χ3n) is 1.77. The van der Waals surface area contributed by atoms with Crippen molar-refractivity contribution in [3.05, 3.63) is 26.8 Å². The van der Waals surface area contributed by atoms with Crippen molar-refractivity contribution in [2.75, 3.05) is 6.61 Å². The number of hydrogen-bond donors (Lipinski definition) is 1. The van der Waals surface area contributed by atoms with Gasteiger partial charge in [0.25, 0.3) is 0 Å². The Morgan fingerprint density at radius 1 is 1.57 bits per heavy atom. The highest BCUT2D eigenvalue weighted by molar-refractivity contribution is 14.1. The zero-order valence-electron chi connectivity index (χ0n) is 8.00. The number of phenols is 1.